The number of halogens is 1. The Balaban J connectivity index is 2.92. The van der Waals surface area contributed by atoms with Crippen molar-refractivity contribution in [2.24, 2.45) is 0 Å². The van der Waals surface area contributed by atoms with Gasteiger partial charge in [-0.3, -0.25) is 0 Å². The molecule has 0 amide bonds. The lowest BCUT2D eigenvalue weighted by Crippen LogP contribution is -1.92. The minimum absolute atomic E-state index is 0.547. The third kappa shape index (κ3) is 2.78. The number of rotatable bonds is 3. The fraction of sp³-hybridized carbons (Fsp3) is 0.273. The molecule has 0 aromatic heterocycles. The van der Waals surface area contributed by atoms with Gasteiger partial charge in [-0.25, -0.2) is 0 Å². The molecule has 2 heteroatoms. The molecule has 0 aliphatic heterocycles. The summed E-state index contributed by atoms with van der Waals surface area (Å²) in [5, 5.41) is 0. The Morgan fingerprint density at radius 1 is 1.46 bits per heavy atom. The van der Waals surface area contributed by atoms with Gasteiger partial charge in [-0.2, -0.15) is 0 Å². The Morgan fingerprint density at radius 3 is 2.85 bits per heavy atom. The molecule has 0 aliphatic rings. The molecule has 0 saturated heterocycles. The minimum atomic E-state index is 0.547. The lowest BCUT2D eigenvalue weighted by atomic mass is 10.1. The van der Waals surface area contributed by atoms with Crippen LogP contribution < -0.4 is 5.73 Å². The zero-order valence-corrected chi connectivity index (χ0v) is 8.51. The van der Waals surface area contributed by atoms with Crippen LogP contribution in [0.2, 0.25) is 0 Å². The summed E-state index contributed by atoms with van der Waals surface area (Å²) in [7, 11) is 0. The van der Waals surface area contributed by atoms with E-state index in [1.165, 1.54) is 5.56 Å². The fourth-order valence-corrected chi connectivity index (χ4v) is 1.31. The monoisotopic (exact) mass is 195 g/mol. The molecule has 70 valence electrons. The van der Waals surface area contributed by atoms with Crippen molar-refractivity contribution in [3.8, 4) is 0 Å². The van der Waals surface area contributed by atoms with Gasteiger partial charge in [0, 0.05) is 11.6 Å². The predicted octanol–water partition coefficient (Wildman–Crippen LogP) is 3.08. The van der Waals surface area contributed by atoms with Gasteiger partial charge in [0.15, 0.2) is 0 Å². The molecular weight excluding hydrogens is 182 g/mol. The molecule has 1 aromatic carbocycles. The first-order valence-electron chi connectivity index (χ1n) is 4.38. The largest absolute Gasteiger partial charge is 0.399 e. The van der Waals surface area contributed by atoms with E-state index >= 15 is 0 Å². The average molecular weight is 196 g/mol. The molecule has 0 radical (unpaired) electrons. The van der Waals surface area contributed by atoms with Crippen molar-refractivity contribution >= 4 is 23.4 Å². The lowest BCUT2D eigenvalue weighted by molar-refractivity contribution is 1.14. The number of hydrogen-bond donors (Lipinski definition) is 1. The zero-order valence-electron chi connectivity index (χ0n) is 7.76. The van der Waals surface area contributed by atoms with Crippen molar-refractivity contribution in [1.29, 1.82) is 0 Å². The zero-order chi connectivity index (χ0) is 9.68. The van der Waals surface area contributed by atoms with Crippen LogP contribution in [-0.4, -0.2) is 5.88 Å². The summed E-state index contributed by atoms with van der Waals surface area (Å²) in [4.78, 5) is 0. The molecule has 1 rings (SSSR count). The number of nitrogen functional groups attached to an aromatic ring is 1. The van der Waals surface area contributed by atoms with Crippen LogP contribution in [0.5, 0.6) is 0 Å². The second-order valence-electron chi connectivity index (χ2n) is 2.87. The van der Waals surface area contributed by atoms with Gasteiger partial charge in [0.25, 0.3) is 0 Å². The summed E-state index contributed by atoms with van der Waals surface area (Å²) in [6.07, 6.45) is 4.90. The molecule has 0 fully saturated rings. The summed E-state index contributed by atoms with van der Waals surface area (Å²) in [6, 6.07) is 6.03. The maximum atomic E-state index is 5.78. The highest BCUT2D eigenvalue weighted by atomic mass is 35.5. The van der Waals surface area contributed by atoms with E-state index in [0.29, 0.717) is 5.88 Å². The van der Waals surface area contributed by atoms with E-state index < -0.39 is 0 Å². The van der Waals surface area contributed by atoms with Crippen LogP contribution in [0.4, 0.5) is 5.69 Å². The third-order valence-corrected chi connectivity index (χ3v) is 2.13. The van der Waals surface area contributed by atoms with Crippen LogP contribution >= 0.6 is 11.6 Å². The van der Waals surface area contributed by atoms with Gasteiger partial charge in [0.1, 0.15) is 0 Å². The van der Waals surface area contributed by atoms with Gasteiger partial charge < -0.3 is 5.73 Å². The van der Waals surface area contributed by atoms with Gasteiger partial charge in [-0.15, -0.1) is 11.6 Å². The van der Waals surface area contributed by atoms with Crippen LogP contribution in [0.15, 0.2) is 24.3 Å². The van der Waals surface area contributed by atoms with Crippen LogP contribution in [0.1, 0.15) is 18.1 Å². The number of alkyl halides is 1. The molecule has 0 heterocycles. The Hall–Kier alpha value is -0.950. The summed E-state index contributed by atoms with van der Waals surface area (Å²) >= 11 is 5.54. The smallest absolute Gasteiger partial charge is 0.0407 e. The van der Waals surface area contributed by atoms with Crippen LogP contribution in [0.3, 0.4) is 0 Å². The van der Waals surface area contributed by atoms with E-state index in [1.807, 2.05) is 24.3 Å². The van der Waals surface area contributed by atoms with Gasteiger partial charge in [0.05, 0.1) is 0 Å². The number of benzene rings is 1. The van der Waals surface area contributed by atoms with E-state index in [-0.39, 0.29) is 0 Å². The van der Waals surface area contributed by atoms with Crippen LogP contribution in [-0.2, 0) is 6.42 Å². The molecule has 0 atom stereocenters. The summed E-state index contributed by atoms with van der Waals surface area (Å²) in [5.41, 5.74) is 9.00. The van der Waals surface area contributed by atoms with Crippen LogP contribution in [0.25, 0.3) is 6.08 Å². The van der Waals surface area contributed by atoms with E-state index in [9.17, 15) is 0 Å². The molecular formula is C11H14ClN. The minimum Gasteiger partial charge on any atom is -0.399 e. The van der Waals surface area contributed by atoms with Crippen molar-refractivity contribution < 1.29 is 0 Å². The lowest BCUT2D eigenvalue weighted by Gasteiger charge is -2.03. The quantitative estimate of drug-likeness (QED) is 0.582. The molecule has 2 N–H and O–H groups in total. The molecule has 1 aromatic rings. The first kappa shape index (κ1) is 10.1. The molecule has 0 unspecified atom stereocenters. The van der Waals surface area contributed by atoms with E-state index in [0.717, 1.165) is 17.7 Å². The van der Waals surface area contributed by atoms with Gasteiger partial charge >= 0.3 is 0 Å². The van der Waals surface area contributed by atoms with Gasteiger partial charge in [-0.1, -0.05) is 25.1 Å². The molecule has 0 bridgehead atoms. The molecule has 13 heavy (non-hydrogen) atoms. The second kappa shape index (κ2) is 4.93. The first-order chi connectivity index (χ1) is 6.27. The van der Waals surface area contributed by atoms with Crippen LogP contribution in [0, 0.1) is 0 Å². The highest BCUT2D eigenvalue weighted by molar-refractivity contribution is 6.19. The fourth-order valence-electron chi connectivity index (χ4n) is 1.22. The number of hydrogen-bond acceptors (Lipinski definition) is 1. The molecule has 1 nitrogen and oxygen atoms in total. The van der Waals surface area contributed by atoms with E-state index in [2.05, 4.69) is 13.0 Å². The summed E-state index contributed by atoms with van der Waals surface area (Å²) < 4.78 is 0. The molecule has 0 aliphatic carbocycles. The maximum absolute atomic E-state index is 5.78. The Bertz CT molecular complexity index is 305. The Labute approximate surface area is 84.2 Å². The summed E-state index contributed by atoms with van der Waals surface area (Å²) in [5.74, 6) is 0.547. The van der Waals surface area contributed by atoms with Crippen molar-refractivity contribution in [1.82, 2.24) is 0 Å². The average Bonchev–Trinajstić information content (AvgIpc) is 2.16. The Kier molecular flexibility index (Phi) is 3.84. The predicted molar refractivity (Wildman–Crippen MR) is 60.0 cm³/mol. The normalized spacial score (nSPS) is 10.9. The van der Waals surface area contributed by atoms with Gasteiger partial charge in [0.2, 0.25) is 0 Å². The van der Waals surface area contributed by atoms with Crippen molar-refractivity contribution in [3.05, 3.63) is 35.4 Å². The number of anilines is 1. The standard InChI is InChI=1S/C11H14ClN/c1-2-10-8-9(4-3-7-12)5-6-11(10)13/h3-6,8H,2,7,13H2,1H3. The second-order valence-corrected chi connectivity index (χ2v) is 3.18. The molecule has 0 spiro atoms. The van der Waals surface area contributed by atoms with Crippen molar-refractivity contribution in [3.63, 3.8) is 0 Å². The third-order valence-electron chi connectivity index (χ3n) is 1.95. The SMILES string of the molecule is CCc1cc(C=CCCl)ccc1N. The highest BCUT2D eigenvalue weighted by Gasteiger charge is 1.96. The maximum Gasteiger partial charge on any atom is 0.0407 e. The Morgan fingerprint density at radius 2 is 2.23 bits per heavy atom. The highest BCUT2D eigenvalue weighted by Crippen LogP contribution is 2.15. The van der Waals surface area contributed by atoms with Crippen molar-refractivity contribution in [2.45, 2.75) is 13.3 Å². The number of nitrogens with two attached hydrogens (primary N) is 1. The van der Waals surface area contributed by atoms with Crippen molar-refractivity contribution in [2.75, 3.05) is 11.6 Å². The van der Waals surface area contributed by atoms with E-state index in [1.54, 1.807) is 0 Å². The van der Waals surface area contributed by atoms with E-state index in [4.69, 9.17) is 17.3 Å². The molecule has 0 saturated carbocycles. The summed E-state index contributed by atoms with van der Waals surface area (Å²) in [6.45, 7) is 2.10. The first-order valence-corrected chi connectivity index (χ1v) is 4.92. The number of allylic oxidation sites excluding steroid dienone is 1. The number of aryl methyl sites for hydroxylation is 1. The topological polar surface area (TPSA) is 26.0 Å². The van der Waals surface area contributed by atoms with Gasteiger partial charge in [-0.05, 0) is 29.7 Å².